The summed E-state index contributed by atoms with van der Waals surface area (Å²) in [6, 6.07) is 4.98. The van der Waals surface area contributed by atoms with Gasteiger partial charge in [0.15, 0.2) is 11.5 Å². The molecule has 3 rings (SSSR count). The highest BCUT2D eigenvalue weighted by molar-refractivity contribution is 5.96. The van der Waals surface area contributed by atoms with Gasteiger partial charge < -0.3 is 15.5 Å². The average Bonchev–Trinajstić information content (AvgIpc) is 3.17. The number of anilines is 1. The predicted octanol–water partition coefficient (Wildman–Crippen LogP) is 2.63. The van der Waals surface area contributed by atoms with Gasteiger partial charge in [0, 0.05) is 17.7 Å². The summed E-state index contributed by atoms with van der Waals surface area (Å²) in [4.78, 5) is 16.4. The van der Waals surface area contributed by atoms with Gasteiger partial charge in [-0.1, -0.05) is 13.8 Å². The van der Waals surface area contributed by atoms with Crippen LogP contribution in [0.1, 0.15) is 38.5 Å². The van der Waals surface area contributed by atoms with E-state index in [-0.39, 0.29) is 11.8 Å². The van der Waals surface area contributed by atoms with E-state index < -0.39 is 6.04 Å². The maximum atomic E-state index is 11.9. The van der Waals surface area contributed by atoms with Gasteiger partial charge in [0.05, 0.1) is 6.04 Å². The number of hydrogen-bond donors (Lipinski definition) is 2. The zero-order valence-electron chi connectivity index (χ0n) is 11.7. The standard InChI is InChI=1S/C15H19N3O2/c1-8(2)13(16)14(19)17-10-5-6-11-12(7-10)20-15(18-11)9-3-4-9/h5-9,13H,3-4,16H2,1-2H3,(H,17,19)/t13-/m0/s1. The molecule has 0 saturated heterocycles. The van der Waals surface area contributed by atoms with Crippen molar-refractivity contribution >= 4 is 22.7 Å². The molecule has 1 saturated carbocycles. The topological polar surface area (TPSA) is 81.2 Å². The number of fused-ring (bicyclic) bond motifs is 1. The van der Waals surface area contributed by atoms with Gasteiger partial charge in [0.2, 0.25) is 5.91 Å². The lowest BCUT2D eigenvalue weighted by Crippen LogP contribution is -2.39. The van der Waals surface area contributed by atoms with Crippen LogP contribution in [-0.2, 0) is 4.79 Å². The summed E-state index contributed by atoms with van der Waals surface area (Å²) in [5.41, 5.74) is 8.06. The molecule has 3 N–H and O–H groups in total. The van der Waals surface area contributed by atoms with Crippen molar-refractivity contribution in [1.82, 2.24) is 4.98 Å². The summed E-state index contributed by atoms with van der Waals surface area (Å²) < 4.78 is 5.73. The van der Waals surface area contributed by atoms with E-state index in [2.05, 4.69) is 10.3 Å². The SMILES string of the molecule is CC(C)[C@H](N)C(=O)Nc1ccc2nc(C3CC3)oc2c1. The number of nitrogens with one attached hydrogen (secondary N) is 1. The molecule has 2 aromatic rings. The summed E-state index contributed by atoms with van der Waals surface area (Å²) >= 11 is 0. The van der Waals surface area contributed by atoms with Crippen molar-refractivity contribution in [3.8, 4) is 0 Å². The van der Waals surface area contributed by atoms with Crippen LogP contribution in [0.3, 0.4) is 0 Å². The first-order valence-electron chi connectivity index (χ1n) is 7.01. The second-order valence-corrected chi connectivity index (χ2v) is 5.77. The van der Waals surface area contributed by atoms with E-state index in [9.17, 15) is 4.79 Å². The molecule has 0 unspecified atom stereocenters. The largest absolute Gasteiger partial charge is 0.440 e. The molecule has 0 bridgehead atoms. The Morgan fingerprint density at radius 3 is 2.85 bits per heavy atom. The van der Waals surface area contributed by atoms with Crippen LogP contribution >= 0.6 is 0 Å². The fourth-order valence-electron chi connectivity index (χ4n) is 2.05. The van der Waals surface area contributed by atoms with Crippen molar-refractivity contribution in [2.45, 2.75) is 38.6 Å². The van der Waals surface area contributed by atoms with Crippen LogP contribution in [0.25, 0.3) is 11.1 Å². The van der Waals surface area contributed by atoms with Gasteiger partial charge in [-0.05, 0) is 30.9 Å². The molecule has 1 aliphatic carbocycles. The van der Waals surface area contributed by atoms with E-state index in [1.165, 1.54) is 0 Å². The number of benzene rings is 1. The molecule has 106 valence electrons. The van der Waals surface area contributed by atoms with E-state index in [1.807, 2.05) is 26.0 Å². The normalized spacial score (nSPS) is 16.6. The number of nitrogens with two attached hydrogens (primary N) is 1. The zero-order chi connectivity index (χ0) is 14.3. The molecule has 20 heavy (non-hydrogen) atoms. The Labute approximate surface area is 117 Å². The van der Waals surface area contributed by atoms with Gasteiger partial charge >= 0.3 is 0 Å². The summed E-state index contributed by atoms with van der Waals surface area (Å²) in [6.07, 6.45) is 2.30. The first-order valence-corrected chi connectivity index (χ1v) is 7.01. The highest BCUT2D eigenvalue weighted by Gasteiger charge is 2.29. The minimum Gasteiger partial charge on any atom is -0.440 e. The molecule has 1 aromatic carbocycles. The summed E-state index contributed by atoms with van der Waals surface area (Å²) in [6.45, 7) is 3.84. The van der Waals surface area contributed by atoms with Gasteiger partial charge in [0.1, 0.15) is 5.52 Å². The van der Waals surface area contributed by atoms with Crippen molar-refractivity contribution in [2.75, 3.05) is 5.32 Å². The number of oxazole rings is 1. The molecule has 5 heteroatoms. The predicted molar refractivity (Wildman–Crippen MR) is 77.4 cm³/mol. The lowest BCUT2D eigenvalue weighted by molar-refractivity contribution is -0.118. The molecular formula is C15H19N3O2. The van der Waals surface area contributed by atoms with E-state index in [0.717, 1.165) is 24.2 Å². The monoisotopic (exact) mass is 273 g/mol. The first kappa shape index (κ1) is 13.1. The molecule has 0 spiro atoms. The van der Waals surface area contributed by atoms with Crippen molar-refractivity contribution in [2.24, 2.45) is 11.7 Å². The third kappa shape index (κ3) is 2.54. The summed E-state index contributed by atoms with van der Waals surface area (Å²) in [5, 5.41) is 2.82. The van der Waals surface area contributed by atoms with Crippen molar-refractivity contribution in [3.05, 3.63) is 24.1 Å². The number of nitrogens with zero attached hydrogens (tertiary/aromatic N) is 1. The molecule has 5 nitrogen and oxygen atoms in total. The van der Waals surface area contributed by atoms with E-state index in [0.29, 0.717) is 17.2 Å². The van der Waals surface area contributed by atoms with Crippen molar-refractivity contribution in [1.29, 1.82) is 0 Å². The van der Waals surface area contributed by atoms with E-state index in [1.54, 1.807) is 6.07 Å². The molecular weight excluding hydrogens is 254 g/mol. The highest BCUT2D eigenvalue weighted by atomic mass is 16.3. The maximum Gasteiger partial charge on any atom is 0.241 e. The Balaban J connectivity index is 1.80. The van der Waals surface area contributed by atoms with Crippen LogP contribution in [0, 0.1) is 5.92 Å². The quantitative estimate of drug-likeness (QED) is 0.897. The van der Waals surface area contributed by atoms with Crippen LogP contribution in [-0.4, -0.2) is 16.9 Å². The lowest BCUT2D eigenvalue weighted by Gasteiger charge is -2.15. The van der Waals surface area contributed by atoms with Crippen LogP contribution in [0.2, 0.25) is 0 Å². The Kier molecular flexibility index (Phi) is 3.22. The fourth-order valence-corrected chi connectivity index (χ4v) is 2.05. The number of carbonyl (C=O) groups is 1. The second-order valence-electron chi connectivity index (χ2n) is 5.77. The van der Waals surface area contributed by atoms with Gasteiger partial charge in [-0.3, -0.25) is 4.79 Å². The van der Waals surface area contributed by atoms with Gasteiger partial charge in [-0.2, -0.15) is 0 Å². The van der Waals surface area contributed by atoms with E-state index in [4.69, 9.17) is 10.2 Å². The maximum absolute atomic E-state index is 11.9. The first-order chi connectivity index (χ1) is 9.54. The fraction of sp³-hybridized carbons (Fsp3) is 0.467. The minimum atomic E-state index is -0.512. The minimum absolute atomic E-state index is 0.102. The molecule has 1 aliphatic rings. The third-order valence-electron chi connectivity index (χ3n) is 3.62. The number of rotatable bonds is 4. The van der Waals surface area contributed by atoms with Crippen LogP contribution in [0.4, 0.5) is 5.69 Å². The third-order valence-corrected chi connectivity index (χ3v) is 3.62. The molecule has 0 aliphatic heterocycles. The molecule has 1 atom stereocenters. The van der Waals surface area contributed by atoms with Crippen molar-refractivity contribution in [3.63, 3.8) is 0 Å². The Morgan fingerprint density at radius 1 is 1.45 bits per heavy atom. The van der Waals surface area contributed by atoms with Crippen LogP contribution in [0.5, 0.6) is 0 Å². The summed E-state index contributed by atoms with van der Waals surface area (Å²) in [7, 11) is 0. The van der Waals surface area contributed by atoms with Gasteiger partial charge in [-0.15, -0.1) is 0 Å². The molecule has 1 heterocycles. The summed E-state index contributed by atoms with van der Waals surface area (Å²) in [5.74, 6) is 1.21. The van der Waals surface area contributed by atoms with Crippen LogP contribution < -0.4 is 11.1 Å². The number of carbonyl (C=O) groups excluding carboxylic acids is 1. The highest BCUT2D eigenvalue weighted by Crippen LogP contribution is 2.40. The van der Waals surface area contributed by atoms with Gasteiger partial charge in [-0.25, -0.2) is 4.98 Å². The van der Waals surface area contributed by atoms with Crippen molar-refractivity contribution < 1.29 is 9.21 Å². The number of aromatic nitrogens is 1. The van der Waals surface area contributed by atoms with E-state index >= 15 is 0 Å². The second kappa shape index (κ2) is 4.90. The molecule has 0 radical (unpaired) electrons. The molecule has 1 fully saturated rings. The Morgan fingerprint density at radius 2 is 2.20 bits per heavy atom. The number of hydrogen-bond acceptors (Lipinski definition) is 4. The Bertz CT molecular complexity index is 644. The average molecular weight is 273 g/mol. The molecule has 1 aromatic heterocycles. The van der Waals surface area contributed by atoms with Gasteiger partial charge in [0.25, 0.3) is 0 Å². The Hall–Kier alpha value is -1.88. The lowest BCUT2D eigenvalue weighted by atomic mass is 10.0. The molecule has 1 amide bonds. The number of amides is 1. The smallest absolute Gasteiger partial charge is 0.241 e. The van der Waals surface area contributed by atoms with Crippen LogP contribution in [0.15, 0.2) is 22.6 Å². The zero-order valence-corrected chi connectivity index (χ0v) is 11.7.